The molecule has 2 aliphatic rings. The van der Waals surface area contributed by atoms with Crippen LogP contribution in [0.15, 0.2) is 12.1 Å². The van der Waals surface area contributed by atoms with E-state index in [1.54, 1.807) is 6.07 Å². The second kappa shape index (κ2) is 6.10. The molecule has 1 unspecified atom stereocenters. The zero-order valence-corrected chi connectivity index (χ0v) is 12.8. The van der Waals surface area contributed by atoms with Crippen molar-refractivity contribution in [1.29, 1.82) is 0 Å². The van der Waals surface area contributed by atoms with Crippen molar-refractivity contribution in [3.63, 3.8) is 0 Å². The normalized spacial score (nSPS) is 29.6. The van der Waals surface area contributed by atoms with Crippen LogP contribution in [0.5, 0.6) is 5.75 Å². The van der Waals surface area contributed by atoms with Crippen LogP contribution in [0.3, 0.4) is 0 Å². The van der Waals surface area contributed by atoms with E-state index in [-0.39, 0.29) is 12.1 Å². The molecule has 1 aliphatic heterocycles. The number of benzene rings is 1. The van der Waals surface area contributed by atoms with Crippen LogP contribution in [-0.4, -0.2) is 23.9 Å². The maximum atomic E-state index is 9.58. The molecule has 5 heteroatoms. The molecule has 3 nitrogen and oxygen atoms in total. The van der Waals surface area contributed by atoms with Crippen LogP contribution in [0, 0.1) is 0 Å². The van der Waals surface area contributed by atoms with Crippen LogP contribution in [-0.2, 0) is 0 Å². The molecule has 20 heavy (non-hydrogen) atoms. The molecule has 0 bridgehead atoms. The summed E-state index contributed by atoms with van der Waals surface area (Å²) >= 11 is 12.3. The van der Waals surface area contributed by atoms with E-state index >= 15 is 0 Å². The molecule has 1 aromatic carbocycles. The van der Waals surface area contributed by atoms with E-state index in [0.717, 1.165) is 43.4 Å². The quantitative estimate of drug-likeness (QED) is 0.874. The molecule has 2 N–H and O–H groups in total. The zero-order valence-electron chi connectivity index (χ0n) is 11.2. The average molecular weight is 316 g/mol. The Morgan fingerprint density at radius 3 is 2.60 bits per heavy atom. The van der Waals surface area contributed by atoms with Crippen molar-refractivity contribution >= 4 is 23.2 Å². The summed E-state index contributed by atoms with van der Waals surface area (Å²) in [6, 6.07) is 4.35. The van der Waals surface area contributed by atoms with Gasteiger partial charge in [-0.1, -0.05) is 23.2 Å². The van der Waals surface area contributed by atoms with E-state index in [4.69, 9.17) is 27.9 Å². The molecule has 1 fully saturated rings. The molecule has 1 atom stereocenters. The number of aliphatic hydroxyl groups is 1. The first kappa shape index (κ1) is 14.5. The number of fused-ring (bicyclic) bond motifs is 1. The molecule has 110 valence electrons. The van der Waals surface area contributed by atoms with Gasteiger partial charge in [0.2, 0.25) is 0 Å². The molecule has 0 amide bonds. The van der Waals surface area contributed by atoms with Crippen LogP contribution in [0.2, 0.25) is 10.0 Å². The number of aliphatic hydroxyl groups excluding tert-OH is 1. The zero-order chi connectivity index (χ0) is 14.1. The first-order valence-corrected chi connectivity index (χ1v) is 7.95. The van der Waals surface area contributed by atoms with Gasteiger partial charge in [0.15, 0.2) is 0 Å². The van der Waals surface area contributed by atoms with Gasteiger partial charge < -0.3 is 15.2 Å². The lowest BCUT2D eigenvalue weighted by atomic mass is 9.91. The third kappa shape index (κ3) is 3.06. The maximum absolute atomic E-state index is 9.58. The Morgan fingerprint density at radius 2 is 1.85 bits per heavy atom. The first-order valence-electron chi connectivity index (χ1n) is 7.19. The summed E-state index contributed by atoms with van der Waals surface area (Å²) in [6.07, 6.45) is 4.58. The number of rotatable bonds is 2. The Kier molecular flexibility index (Phi) is 4.41. The molecular weight excluding hydrogens is 297 g/mol. The van der Waals surface area contributed by atoms with Crippen LogP contribution in [0.4, 0.5) is 0 Å². The summed E-state index contributed by atoms with van der Waals surface area (Å²) in [4.78, 5) is 0. The van der Waals surface area contributed by atoms with E-state index in [0.29, 0.717) is 22.7 Å². The molecular formula is C15H19Cl2NO2. The van der Waals surface area contributed by atoms with Crippen LogP contribution in [0.1, 0.15) is 43.7 Å². The summed E-state index contributed by atoms with van der Waals surface area (Å²) in [5, 5.41) is 14.5. The number of halogens is 2. The topological polar surface area (TPSA) is 41.5 Å². The fourth-order valence-electron chi connectivity index (χ4n) is 3.13. The largest absolute Gasteiger partial charge is 0.492 e. The minimum absolute atomic E-state index is 0.126. The SMILES string of the molecule is OC1CCC(NC2CCOc3c(Cl)cc(Cl)cc32)CC1. The van der Waals surface area contributed by atoms with Crippen molar-refractivity contribution in [3.8, 4) is 5.75 Å². The smallest absolute Gasteiger partial charge is 0.142 e. The van der Waals surface area contributed by atoms with Gasteiger partial charge in [0.1, 0.15) is 5.75 Å². The number of nitrogens with one attached hydrogen (secondary N) is 1. The van der Waals surface area contributed by atoms with E-state index in [2.05, 4.69) is 5.32 Å². The second-order valence-corrected chi connectivity index (χ2v) is 6.51. The second-order valence-electron chi connectivity index (χ2n) is 5.67. The summed E-state index contributed by atoms with van der Waals surface area (Å²) in [6.45, 7) is 0.668. The third-order valence-electron chi connectivity index (χ3n) is 4.20. The van der Waals surface area contributed by atoms with Gasteiger partial charge >= 0.3 is 0 Å². The van der Waals surface area contributed by atoms with Gasteiger partial charge in [0.25, 0.3) is 0 Å². The molecule has 1 aromatic rings. The minimum atomic E-state index is -0.126. The highest BCUT2D eigenvalue weighted by molar-refractivity contribution is 6.35. The Labute approximate surface area is 129 Å². The molecule has 0 radical (unpaired) electrons. The summed E-state index contributed by atoms with van der Waals surface area (Å²) < 4.78 is 5.68. The lowest BCUT2D eigenvalue weighted by molar-refractivity contribution is 0.111. The van der Waals surface area contributed by atoms with Crippen molar-refractivity contribution in [3.05, 3.63) is 27.7 Å². The van der Waals surface area contributed by atoms with Crippen LogP contribution >= 0.6 is 23.2 Å². The Hall–Kier alpha value is -0.480. The fourth-order valence-corrected chi connectivity index (χ4v) is 3.69. The Balaban J connectivity index is 1.76. The standard InChI is InChI=1S/C15H19Cl2NO2/c16-9-7-12-14(5-6-20-15(12)13(17)8-9)18-10-1-3-11(19)4-2-10/h7-8,10-11,14,18-19H,1-6H2. The predicted octanol–water partition coefficient (Wildman–Crippen LogP) is 3.71. The highest BCUT2D eigenvalue weighted by Gasteiger charge is 2.28. The molecule has 1 heterocycles. The van der Waals surface area contributed by atoms with E-state index in [1.165, 1.54) is 0 Å². The Bertz CT molecular complexity index is 487. The van der Waals surface area contributed by atoms with Gasteiger partial charge in [-0.3, -0.25) is 0 Å². The minimum Gasteiger partial charge on any atom is -0.492 e. The average Bonchev–Trinajstić information content (AvgIpc) is 2.42. The molecule has 0 saturated heterocycles. The van der Waals surface area contributed by atoms with Crippen molar-refractivity contribution in [2.45, 2.75) is 50.3 Å². The molecule has 0 aromatic heterocycles. The van der Waals surface area contributed by atoms with Crippen molar-refractivity contribution in [2.75, 3.05) is 6.61 Å². The van der Waals surface area contributed by atoms with E-state index < -0.39 is 0 Å². The summed E-state index contributed by atoms with van der Waals surface area (Å²) in [7, 11) is 0. The van der Waals surface area contributed by atoms with Gasteiger partial charge in [-0.05, 0) is 37.8 Å². The number of hydrogen-bond donors (Lipinski definition) is 2. The van der Waals surface area contributed by atoms with E-state index in [1.807, 2.05) is 6.07 Å². The van der Waals surface area contributed by atoms with E-state index in [9.17, 15) is 5.11 Å². The molecule has 1 saturated carbocycles. The van der Waals surface area contributed by atoms with Gasteiger partial charge in [0, 0.05) is 29.1 Å². The maximum Gasteiger partial charge on any atom is 0.142 e. The lowest BCUT2D eigenvalue weighted by Gasteiger charge is -2.33. The first-order chi connectivity index (χ1) is 9.63. The van der Waals surface area contributed by atoms with Crippen molar-refractivity contribution in [1.82, 2.24) is 5.32 Å². The van der Waals surface area contributed by atoms with Crippen LogP contribution < -0.4 is 10.1 Å². The predicted molar refractivity (Wildman–Crippen MR) is 80.7 cm³/mol. The lowest BCUT2D eigenvalue weighted by Crippen LogP contribution is -2.38. The van der Waals surface area contributed by atoms with Gasteiger partial charge in [0.05, 0.1) is 17.7 Å². The highest BCUT2D eigenvalue weighted by Crippen LogP contribution is 2.40. The van der Waals surface area contributed by atoms with Gasteiger partial charge in [-0.2, -0.15) is 0 Å². The fraction of sp³-hybridized carbons (Fsp3) is 0.600. The van der Waals surface area contributed by atoms with Crippen molar-refractivity contribution < 1.29 is 9.84 Å². The number of hydrogen-bond acceptors (Lipinski definition) is 3. The Morgan fingerprint density at radius 1 is 1.10 bits per heavy atom. The summed E-state index contributed by atoms with van der Waals surface area (Å²) in [5.74, 6) is 0.760. The molecule has 0 spiro atoms. The third-order valence-corrected chi connectivity index (χ3v) is 4.70. The summed E-state index contributed by atoms with van der Waals surface area (Å²) in [5.41, 5.74) is 1.06. The van der Waals surface area contributed by atoms with Crippen molar-refractivity contribution in [2.24, 2.45) is 0 Å². The molecule has 1 aliphatic carbocycles. The highest BCUT2D eigenvalue weighted by atomic mass is 35.5. The van der Waals surface area contributed by atoms with Crippen LogP contribution in [0.25, 0.3) is 0 Å². The number of ether oxygens (including phenoxy) is 1. The van der Waals surface area contributed by atoms with Gasteiger partial charge in [-0.25, -0.2) is 0 Å². The van der Waals surface area contributed by atoms with Gasteiger partial charge in [-0.15, -0.1) is 0 Å². The molecule has 3 rings (SSSR count). The monoisotopic (exact) mass is 315 g/mol.